The molecule has 2 rings (SSSR count). The lowest BCUT2D eigenvalue weighted by Crippen LogP contribution is -2.32. The van der Waals surface area contributed by atoms with Crippen LogP contribution in [0, 0.1) is 0 Å². The van der Waals surface area contributed by atoms with E-state index < -0.39 is 0 Å². The Morgan fingerprint density at radius 1 is 1.16 bits per heavy atom. The third kappa shape index (κ3) is 4.21. The normalized spacial score (nSPS) is 17.7. The fourth-order valence-electron chi connectivity index (χ4n) is 2.71. The van der Waals surface area contributed by atoms with Crippen molar-refractivity contribution >= 4 is 5.95 Å². The number of nitrogens with zero attached hydrogens (tertiary/aromatic N) is 4. The number of hydrogen-bond donors (Lipinski definition) is 1. The molecule has 5 nitrogen and oxygen atoms in total. The lowest BCUT2D eigenvalue weighted by atomic mass is 10.2. The van der Waals surface area contributed by atoms with Crippen LogP contribution in [0.3, 0.4) is 0 Å². The van der Waals surface area contributed by atoms with E-state index in [0.29, 0.717) is 0 Å². The van der Waals surface area contributed by atoms with Crippen LogP contribution in [0.25, 0.3) is 0 Å². The van der Waals surface area contributed by atoms with Crippen molar-refractivity contribution in [3.8, 4) is 0 Å². The van der Waals surface area contributed by atoms with E-state index >= 15 is 0 Å². The van der Waals surface area contributed by atoms with E-state index in [1.54, 1.807) is 0 Å². The van der Waals surface area contributed by atoms with Gasteiger partial charge in [-0.3, -0.25) is 0 Å². The number of rotatable bonds is 6. The molecular formula is C14H27N5. The SMILES string of the molecule is Cn1ccnc1N1CCCN(CCCCCN)CC1. The number of imidazole rings is 1. The molecule has 0 unspecified atom stereocenters. The predicted molar refractivity (Wildman–Crippen MR) is 79.4 cm³/mol. The minimum absolute atomic E-state index is 0.826. The second-order valence-corrected chi connectivity index (χ2v) is 5.37. The summed E-state index contributed by atoms with van der Waals surface area (Å²) in [6.45, 7) is 6.60. The fraction of sp³-hybridized carbons (Fsp3) is 0.786. The summed E-state index contributed by atoms with van der Waals surface area (Å²) in [6, 6.07) is 0. The van der Waals surface area contributed by atoms with Crippen LogP contribution in [0.4, 0.5) is 5.95 Å². The first-order valence-corrected chi connectivity index (χ1v) is 7.46. The Balaban J connectivity index is 1.77. The van der Waals surface area contributed by atoms with Crippen LogP contribution in [0.2, 0.25) is 0 Å². The van der Waals surface area contributed by atoms with Crippen molar-refractivity contribution in [2.24, 2.45) is 12.8 Å². The van der Waals surface area contributed by atoms with Crippen molar-refractivity contribution in [3.63, 3.8) is 0 Å². The van der Waals surface area contributed by atoms with Gasteiger partial charge in [-0.15, -0.1) is 0 Å². The van der Waals surface area contributed by atoms with E-state index in [-0.39, 0.29) is 0 Å². The van der Waals surface area contributed by atoms with Crippen molar-refractivity contribution < 1.29 is 0 Å². The summed E-state index contributed by atoms with van der Waals surface area (Å²) in [4.78, 5) is 9.43. The Kier molecular flexibility index (Phi) is 5.66. The van der Waals surface area contributed by atoms with E-state index in [1.807, 2.05) is 12.4 Å². The van der Waals surface area contributed by atoms with E-state index in [9.17, 15) is 0 Å². The minimum atomic E-state index is 0.826. The van der Waals surface area contributed by atoms with Gasteiger partial charge in [0.1, 0.15) is 0 Å². The van der Waals surface area contributed by atoms with Crippen LogP contribution in [0.5, 0.6) is 0 Å². The van der Waals surface area contributed by atoms with Gasteiger partial charge in [-0.1, -0.05) is 6.42 Å². The Labute approximate surface area is 116 Å². The van der Waals surface area contributed by atoms with Gasteiger partial charge in [0.05, 0.1) is 0 Å². The first-order chi connectivity index (χ1) is 9.31. The summed E-state index contributed by atoms with van der Waals surface area (Å²) < 4.78 is 2.11. The molecule has 0 bridgehead atoms. The van der Waals surface area contributed by atoms with Crippen molar-refractivity contribution in [1.82, 2.24) is 14.5 Å². The summed E-state index contributed by atoms with van der Waals surface area (Å²) in [6.07, 6.45) is 8.82. The second-order valence-electron chi connectivity index (χ2n) is 5.37. The summed E-state index contributed by atoms with van der Waals surface area (Å²) in [5.41, 5.74) is 5.53. The summed E-state index contributed by atoms with van der Waals surface area (Å²) in [5.74, 6) is 1.10. The fourth-order valence-corrected chi connectivity index (χ4v) is 2.71. The molecular weight excluding hydrogens is 238 g/mol. The lowest BCUT2D eigenvalue weighted by Gasteiger charge is -2.22. The quantitative estimate of drug-likeness (QED) is 0.782. The highest BCUT2D eigenvalue weighted by Crippen LogP contribution is 2.13. The van der Waals surface area contributed by atoms with Crippen molar-refractivity contribution in [1.29, 1.82) is 0 Å². The van der Waals surface area contributed by atoms with Crippen molar-refractivity contribution in [2.75, 3.05) is 44.2 Å². The Morgan fingerprint density at radius 3 is 2.79 bits per heavy atom. The standard InChI is InChI=1S/C14H27N5/c1-17-11-7-16-14(17)19-10-5-9-18(12-13-19)8-4-2-3-6-15/h7,11H,2-6,8-10,12-13,15H2,1H3. The van der Waals surface area contributed by atoms with Gasteiger partial charge in [-0.25, -0.2) is 4.98 Å². The Hall–Kier alpha value is -1.07. The third-order valence-corrected chi connectivity index (χ3v) is 3.85. The molecule has 108 valence electrons. The van der Waals surface area contributed by atoms with Gasteiger partial charge in [0.15, 0.2) is 0 Å². The maximum atomic E-state index is 5.53. The van der Waals surface area contributed by atoms with Gasteiger partial charge >= 0.3 is 0 Å². The molecule has 2 heterocycles. The molecule has 0 amide bonds. The highest BCUT2D eigenvalue weighted by Gasteiger charge is 2.17. The first kappa shape index (κ1) is 14.3. The molecule has 0 saturated carbocycles. The minimum Gasteiger partial charge on any atom is -0.341 e. The van der Waals surface area contributed by atoms with Crippen molar-refractivity contribution in [3.05, 3.63) is 12.4 Å². The van der Waals surface area contributed by atoms with Gasteiger partial charge in [-0.05, 0) is 38.9 Å². The van der Waals surface area contributed by atoms with Gasteiger partial charge < -0.3 is 20.1 Å². The molecule has 1 aromatic heterocycles. The molecule has 1 aromatic rings. The molecule has 0 aliphatic carbocycles. The molecule has 1 aliphatic heterocycles. The first-order valence-electron chi connectivity index (χ1n) is 7.46. The molecule has 1 fully saturated rings. The van der Waals surface area contributed by atoms with E-state index in [2.05, 4.69) is 26.4 Å². The molecule has 0 atom stereocenters. The van der Waals surface area contributed by atoms with E-state index in [0.717, 1.165) is 38.5 Å². The van der Waals surface area contributed by atoms with Crippen LogP contribution in [-0.2, 0) is 7.05 Å². The van der Waals surface area contributed by atoms with Gasteiger partial charge in [0.2, 0.25) is 5.95 Å². The highest BCUT2D eigenvalue weighted by molar-refractivity contribution is 5.31. The smallest absolute Gasteiger partial charge is 0.205 e. The zero-order valence-electron chi connectivity index (χ0n) is 12.1. The van der Waals surface area contributed by atoms with Gasteiger partial charge in [-0.2, -0.15) is 0 Å². The zero-order chi connectivity index (χ0) is 13.5. The number of unbranched alkanes of at least 4 members (excludes halogenated alkanes) is 2. The summed E-state index contributed by atoms with van der Waals surface area (Å²) in [5, 5.41) is 0. The van der Waals surface area contributed by atoms with Crippen LogP contribution in [0.1, 0.15) is 25.7 Å². The number of aromatic nitrogens is 2. The summed E-state index contributed by atoms with van der Waals surface area (Å²) >= 11 is 0. The predicted octanol–water partition coefficient (Wildman–Crippen LogP) is 1.06. The molecule has 0 radical (unpaired) electrons. The van der Waals surface area contributed by atoms with Gasteiger partial charge in [0.25, 0.3) is 0 Å². The maximum absolute atomic E-state index is 5.53. The Morgan fingerprint density at radius 2 is 2.05 bits per heavy atom. The third-order valence-electron chi connectivity index (χ3n) is 3.85. The molecule has 1 aliphatic rings. The highest BCUT2D eigenvalue weighted by atomic mass is 15.3. The number of anilines is 1. The lowest BCUT2D eigenvalue weighted by molar-refractivity contribution is 0.286. The van der Waals surface area contributed by atoms with Crippen molar-refractivity contribution in [2.45, 2.75) is 25.7 Å². The number of hydrogen-bond acceptors (Lipinski definition) is 4. The van der Waals surface area contributed by atoms with E-state index in [4.69, 9.17) is 5.73 Å². The zero-order valence-corrected chi connectivity index (χ0v) is 12.1. The molecule has 19 heavy (non-hydrogen) atoms. The molecule has 0 aromatic carbocycles. The average molecular weight is 265 g/mol. The summed E-state index contributed by atoms with van der Waals surface area (Å²) in [7, 11) is 2.07. The molecule has 1 saturated heterocycles. The number of nitrogens with two attached hydrogens (primary N) is 1. The molecule has 0 spiro atoms. The monoisotopic (exact) mass is 265 g/mol. The maximum Gasteiger partial charge on any atom is 0.205 e. The largest absolute Gasteiger partial charge is 0.341 e. The molecule has 2 N–H and O–H groups in total. The van der Waals surface area contributed by atoms with E-state index in [1.165, 1.54) is 32.4 Å². The van der Waals surface area contributed by atoms with Crippen LogP contribution < -0.4 is 10.6 Å². The van der Waals surface area contributed by atoms with Crippen LogP contribution in [-0.4, -0.2) is 53.7 Å². The van der Waals surface area contributed by atoms with Gasteiger partial charge in [0, 0.05) is 39.1 Å². The Bertz CT molecular complexity index is 362. The average Bonchev–Trinajstić information content (AvgIpc) is 2.71. The van der Waals surface area contributed by atoms with Crippen LogP contribution >= 0.6 is 0 Å². The topological polar surface area (TPSA) is 50.3 Å². The van der Waals surface area contributed by atoms with Crippen LogP contribution in [0.15, 0.2) is 12.4 Å². The number of aryl methyl sites for hydroxylation is 1. The second kappa shape index (κ2) is 7.50. The molecule has 5 heteroatoms.